The highest BCUT2D eigenvalue weighted by Crippen LogP contribution is 2.26. The van der Waals surface area contributed by atoms with Crippen molar-refractivity contribution in [1.82, 2.24) is 0 Å². The molecule has 2 heteroatoms. The van der Waals surface area contributed by atoms with Crippen LogP contribution < -0.4 is 5.73 Å². The van der Waals surface area contributed by atoms with E-state index in [0.29, 0.717) is 17.2 Å². The Morgan fingerprint density at radius 3 is 2.24 bits per heavy atom. The fourth-order valence-corrected chi connectivity index (χ4v) is 1.81. The molecule has 0 saturated carbocycles. The summed E-state index contributed by atoms with van der Waals surface area (Å²) in [4.78, 5) is 0. The van der Waals surface area contributed by atoms with E-state index in [0.717, 1.165) is 5.56 Å². The molecule has 2 aromatic rings. The van der Waals surface area contributed by atoms with Crippen LogP contribution in [0.15, 0.2) is 42.5 Å². The first-order valence-electron chi connectivity index (χ1n) is 5.73. The van der Waals surface area contributed by atoms with Crippen molar-refractivity contribution in [2.75, 3.05) is 5.73 Å². The normalized spacial score (nSPS) is 10.8. The minimum absolute atomic E-state index is 0.239. The van der Waals surface area contributed by atoms with E-state index in [1.54, 1.807) is 12.1 Å². The minimum Gasteiger partial charge on any atom is -0.399 e. The Morgan fingerprint density at radius 2 is 1.65 bits per heavy atom. The van der Waals surface area contributed by atoms with Gasteiger partial charge in [0.2, 0.25) is 0 Å². The van der Waals surface area contributed by atoms with Crippen molar-refractivity contribution < 1.29 is 4.39 Å². The third kappa shape index (κ3) is 2.47. The van der Waals surface area contributed by atoms with E-state index in [9.17, 15) is 4.39 Å². The van der Waals surface area contributed by atoms with Crippen LogP contribution in [0, 0.1) is 5.82 Å². The van der Waals surface area contributed by atoms with Crippen molar-refractivity contribution in [3.8, 4) is 11.1 Å². The average molecular weight is 229 g/mol. The van der Waals surface area contributed by atoms with Gasteiger partial charge >= 0.3 is 0 Å². The Bertz CT molecular complexity index is 515. The summed E-state index contributed by atoms with van der Waals surface area (Å²) in [7, 11) is 0. The van der Waals surface area contributed by atoms with Gasteiger partial charge in [-0.25, -0.2) is 4.39 Å². The van der Waals surface area contributed by atoms with Gasteiger partial charge < -0.3 is 5.73 Å². The number of nitrogens with two attached hydrogens (primary N) is 1. The Balaban J connectivity index is 2.43. The van der Waals surface area contributed by atoms with Crippen LogP contribution in [0.4, 0.5) is 10.1 Å². The summed E-state index contributed by atoms with van der Waals surface area (Å²) in [5.41, 5.74) is 8.92. The van der Waals surface area contributed by atoms with Gasteiger partial charge in [-0.15, -0.1) is 0 Å². The van der Waals surface area contributed by atoms with Gasteiger partial charge in [0.05, 0.1) is 0 Å². The van der Waals surface area contributed by atoms with Crippen LogP contribution in [0.5, 0.6) is 0 Å². The molecule has 2 aromatic carbocycles. The Morgan fingerprint density at radius 1 is 1.00 bits per heavy atom. The van der Waals surface area contributed by atoms with Gasteiger partial charge in [-0.05, 0) is 35.2 Å². The van der Waals surface area contributed by atoms with E-state index in [1.807, 2.05) is 24.3 Å². The summed E-state index contributed by atoms with van der Waals surface area (Å²) >= 11 is 0. The molecule has 0 fully saturated rings. The van der Waals surface area contributed by atoms with Crippen LogP contribution in [0.2, 0.25) is 0 Å². The third-order valence-electron chi connectivity index (χ3n) is 2.88. The SMILES string of the molecule is CC(C)c1ccc(-c2cc(N)ccc2F)cc1. The fraction of sp³-hybridized carbons (Fsp3) is 0.200. The lowest BCUT2D eigenvalue weighted by molar-refractivity contribution is 0.631. The van der Waals surface area contributed by atoms with E-state index in [-0.39, 0.29) is 5.82 Å². The molecule has 0 aliphatic heterocycles. The zero-order valence-corrected chi connectivity index (χ0v) is 10.1. The topological polar surface area (TPSA) is 26.0 Å². The molecule has 2 N–H and O–H groups in total. The molecule has 17 heavy (non-hydrogen) atoms. The zero-order valence-electron chi connectivity index (χ0n) is 10.1. The predicted molar refractivity (Wildman–Crippen MR) is 70.3 cm³/mol. The van der Waals surface area contributed by atoms with Crippen LogP contribution in [-0.4, -0.2) is 0 Å². The molecule has 0 aliphatic rings. The van der Waals surface area contributed by atoms with Gasteiger partial charge in [0, 0.05) is 11.3 Å². The summed E-state index contributed by atoms with van der Waals surface area (Å²) in [6.07, 6.45) is 0. The quantitative estimate of drug-likeness (QED) is 0.767. The van der Waals surface area contributed by atoms with Gasteiger partial charge in [-0.1, -0.05) is 38.1 Å². The molecule has 0 saturated heterocycles. The van der Waals surface area contributed by atoms with Gasteiger partial charge in [0.15, 0.2) is 0 Å². The van der Waals surface area contributed by atoms with Crippen LogP contribution in [0.1, 0.15) is 25.3 Å². The number of hydrogen-bond acceptors (Lipinski definition) is 1. The summed E-state index contributed by atoms with van der Waals surface area (Å²) in [6, 6.07) is 12.6. The molecule has 0 amide bonds. The van der Waals surface area contributed by atoms with E-state index in [4.69, 9.17) is 5.73 Å². The van der Waals surface area contributed by atoms with E-state index >= 15 is 0 Å². The largest absolute Gasteiger partial charge is 0.399 e. The number of anilines is 1. The smallest absolute Gasteiger partial charge is 0.131 e. The summed E-state index contributed by atoms with van der Waals surface area (Å²) in [5, 5.41) is 0. The monoisotopic (exact) mass is 229 g/mol. The van der Waals surface area contributed by atoms with Crippen molar-refractivity contribution in [3.05, 3.63) is 53.8 Å². The second-order valence-corrected chi connectivity index (χ2v) is 4.52. The van der Waals surface area contributed by atoms with Crippen molar-refractivity contribution in [3.63, 3.8) is 0 Å². The lowest BCUT2D eigenvalue weighted by atomic mass is 9.98. The van der Waals surface area contributed by atoms with Crippen molar-refractivity contribution in [2.45, 2.75) is 19.8 Å². The molecule has 0 heterocycles. The second-order valence-electron chi connectivity index (χ2n) is 4.52. The van der Waals surface area contributed by atoms with Gasteiger partial charge in [0.25, 0.3) is 0 Å². The molecule has 0 aromatic heterocycles. The van der Waals surface area contributed by atoms with Crippen molar-refractivity contribution in [2.24, 2.45) is 0 Å². The molecule has 88 valence electrons. The van der Waals surface area contributed by atoms with E-state index < -0.39 is 0 Å². The molecule has 1 nitrogen and oxygen atoms in total. The Hall–Kier alpha value is -1.83. The third-order valence-corrected chi connectivity index (χ3v) is 2.88. The molecular weight excluding hydrogens is 213 g/mol. The molecule has 0 unspecified atom stereocenters. The van der Waals surface area contributed by atoms with Gasteiger partial charge in [-0.2, -0.15) is 0 Å². The fourth-order valence-electron chi connectivity index (χ4n) is 1.81. The number of halogens is 1. The molecule has 0 spiro atoms. The molecule has 0 radical (unpaired) electrons. The molecule has 2 rings (SSSR count). The first kappa shape index (κ1) is 11.6. The molecular formula is C15H16FN. The lowest BCUT2D eigenvalue weighted by Crippen LogP contribution is -1.91. The number of benzene rings is 2. The van der Waals surface area contributed by atoms with Gasteiger partial charge in [0.1, 0.15) is 5.82 Å². The summed E-state index contributed by atoms with van der Waals surface area (Å²) < 4.78 is 13.7. The number of rotatable bonds is 2. The molecule has 0 atom stereocenters. The highest BCUT2D eigenvalue weighted by atomic mass is 19.1. The van der Waals surface area contributed by atoms with E-state index in [2.05, 4.69) is 13.8 Å². The maximum Gasteiger partial charge on any atom is 0.131 e. The van der Waals surface area contributed by atoms with Crippen LogP contribution in [0.25, 0.3) is 11.1 Å². The average Bonchev–Trinajstić information content (AvgIpc) is 2.32. The first-order chi connectivity index (χ1) is 8.08. The standard InChI is InChI=1S/C15H16FN/c1-10(2)11-3-5-12(6-4-11)14-9-13(17)7-8-15(14)16/h3-10H,17H2,1-2H3. The Labute approximate surface area is 101 Å². The Kier molecular flexibility index (Phi) is 3.14. The first-order valence-corrected chi connectivity index (χ1v) is 5.73. The lowest BCUT2D eigenvalue weighted by Gasteiger charge is -2.08. The maximum atomic E-state index is 13.7. The van der Waals surface area contributed by atoms with E-state index in [1.165, 1.54) is 11.6 Å². The predicted octanol–water partition coefficient (Wildman–Crippen LogP) is 4.20. The van der Waals surface area contributed by atoms with Crippen LogP contribution in [0.3, 0.4) is 0 Å². The zero-order chi connectivity index (χ0) is 12.4. The molecule has 0 bridgehead atoms. The van der Waals surface area contributed by atoms with Gasteiger partial charge in [-0.3, -0.25) is 0 Å². The number of hydrogen-bond donors (Lipinski definition) is 1. The molecule has 0 aliphatic carbocycles. The highest BCUT2D eigenvalue weighted by molar-refractivity contribution is 5.68. The summed E-state index contributed by atoms with van der Waals surface area (Å²) in [5.74, 6) is 0.242. The van der Waals surface area contributed by atoms with Crippen molar-refractivity contribution >= 4 is 5.69 Å². The minimum atomic E-state index is -0.239. The van der Waals surface area contributed by atoms with Crippen molar-refractivity contribution in [1.29, 1.82) is 0 Å². The highest BCUT2D eigenvalue weighted by Gasteiger charge is 2.06. The summed E-state index contributed by atoms with van der Waals surface area (Å²) in [6.45, 7) is 4.27. The maximum absolute atomic E-state index is 13.7. The van der Waals surface area contributed by atoms with Crippen LogP contribution in [-0.2, 0) is 0 Å². The second kappa shape index (κ2) is 4.58. The van der Waals surface area contributed by atoms with Crippen LogP contribution >= 0.6 is 0 Å². The number of nitrogen functional groups attached to an aromatic ring is 1.